The van der Waals surface area contributed by atoms with E-state index in [1.807, 2.05) is 36.4 Å². The van der Waals surface area contributed by atoms with Gasteiger partial charge in [-0.25, -0.2) is 8.42 Å². The second-order valence-electron chi connectivity index (χ2n) is 5.24. The lowest BCUT2D eigenvalue weighted by molar-refractivity contribution is 0.588. The second-order valence-corrected chi connectivity index (χ2v) is 7.99. The maximum atomic E-state index is 12.3. The van der Waals surface area contributed by atoms with E-state index < -0.39 is 9.84 Å². The van der Waals surface area contributed by atoms with E-state index in [0.29, 0.717) is 15.8 Å². The van der Waals surface area contributed by atoms with E-state index in [9.17, 15) is 8.42 Å². The Morgan fingerprint density at radius 2 is 1.76 bits per heavy atom. The molecule has 1 heterocycles. The number of alkyl halides is 1. The first kappa shape index (κ1) is 14.9. The average molecular weight is 341 g/mol. The zero-order chi connectivity index (χ0) is 15.0. The first-order chi connectivity index (χ1) is 10.0. The van der Waals surface area contributed by atoms with Crippen molar-refractivity contribution in [2.45, 2.75) is 16.7 Å². The highest BCUT2D eigenvalue weighted by Gasteiger charge is 2.38. The molecule has 21 heavy (non-hydrogen) atoms. The zero-order valence-electron chi connectivity index (χ0n) is 11.2. The molecule has 0 fully saturated rings. The number of hydrogen-bond donors (Lipinski definition) is 0. The third-order valence-electron chi connectivity index (χ3n) is 4.00. The van der Waals surface area contributed by atoms with Gasteiger partial charge in [0.15, 0.2) is 9.84 Å². The van der Waals surface area contributed by atoms with Crippen LogP contribution in [0.15, 0.2) is 53.4 Å². The number of rotatable bonds is 3. The lowest BCUT2D eigenvalue weighted by Crippen LogP contribution is -2.15. The molecule has 0 amide bonds. The third-order valence-corrected chi connectivity index (χ3v) is 6.43. The van der Waals surface area contributed by atoms with E-state index in [1.54, 1.807) is 12.1 Å². The second kappa shape index (κ2) is 5.64. The van der Waals surface area contributed by atoms with Crippen LogP contribution in [0.3, 0.4) is 0 Å². The number of sulfone groups is 1. The minimum absolute atomic E-state index is 0.0395. The van der Waals surface area contributed by atoms with Crippen molar-refractivity contribution < 1.29 is 8.42 Å². The van der Waals surface area contributed by atoms with Crippen LogP contribution < -0.4 is 0 Å². The van der Waals surface area contributed by atoms with Gasteiger partial charge in [0.25, 0.3) is 0 Å². The van der Waals surface area contributed by atoms with E-state index >= 15 is 0 Å². The summed E-state index contributed by atoms with van der Waals surface area (Å²) in [5.74, 6) is 0.343. The SMILES string of the molecule is O=S1(=O)CC(C(CCl)c2ccc(Cl)cc2)c2ccccc21. The van der Waals surface area contributed by atoms with Gasteiger partial charge < -0.3 is 0 Å². The molecule has 2 aromatic carbocycles. The molecule has 0 radical (unpaired) electrons. The Hall–Kier alpha value is -1.03. The molecule has 0 saturated heterocycles. The van der Waals surface area contributed by atoms with Crippen molar-refractivity contribution in [1.29, 1.82) is 0 Å². The van der Waals surface area contributed by atoms with E-state index in [-0.39, 0.29) is 17.6 Å². The van der Waals surface area contributed by atoms with Gasteiger partial charge in [-0.3, -0.25) is 0 Å². The van der Waals surface area contributed by atoms with Crippen molar-refractivity contribution >= 4 is 33.0 Å². The Labute approximate surface area is 134 Å². The molecule has 2 unspecified atom stereocenters. The molecule has 0 N–H and O–H groups in total. The van der Waals surface area contributed by atoms with E-state index in [0.717, 1.165) is 11.1 Å². The fourth-order valence-electron chi connectivity index (χ4n) is 2.96. The predicted molar refractivity (Wildman–Crippen MR) is 86.1 cm³/mol. The van der Waals surface area contributed by atoms with Crippen molar-refractivity contribution in [3.63, 3.8) is 0 Å². The molecule has 0 aromatic heterocycles. The highest BCUT2D eigenvalue weighted by Crippen LogP contribution is 2.43. The predicted octanol–water partition coefficient (Wildman–Crippen LogP) is 4.23. The molecule has 1 aliphatic rings. The summed E-state index contributed by atoms with van der Waals surface area (Å²) in [6.07, 6.45) is 0. The third kappa shape index (κ3) is 2.70. The fourth-order valence-corrected chi connectivity index (χ4v) is 5.41. The Morgan fingerprint density at radius 1 is 1.10 bits per heavy atom. The molecule has 0 bridgehead atoms. The topological polar surface area (TPSA) is 34.1 Å². The number of halogens is 2. The van der Waals surface area contributed by atoms with Gasteiger partial charge in [-0.2, -0.15) is 0 Å². The van der Waals surface area contributed by atoms with Crippen LogP contribution in [0.4, 0.5) is 0 Å². The Kier molecular flexibility index (Phi) is 4.00. The normalized spacial score (nSPS) is 21.0. The van der Waals surface area contributed by atoms with Crippen LogP contribution in [-0.2, 0) is 9.84 Å². The summed E-state index contributed by atoms with van der Waals surface area (Å²) in [6.45, 7) is 0. The molecule has 5 heteroatoms. The van der Waals surface area contributed by atoms with Gasteiger partial charge in [-0.15, -0.1) is 11.6 Å². The van der Waals surface area contributed by atoms with Crippen LogP contribution >= 0.6 is 23.2 Å². The van der Waals surface area contributed by atoms with Gasteiger partial charge in [0.2, 0.25) is 0 Å². The first-order valence-corrected chi connectivity index (χ1v) is 9.22. The van der Waals surface area contributed by atoms with E-state index in [1.165, 1.54) is 0 Å². The van der Waals surface area contributed by atoms with Crippen molar-refractivity contribution in [2.75, 3.05) is 11.6 Å². The Bertz CT molecular complexity index is 754. The van der Waals surface area contributed by atoms with Gasteiger partial charge in [0.05, 0.1) is 10.6 Å². The van der Waals surface area contributed by atoms with Crippen LogP contribution in [0, 0.1) is 0 Å². The maximum absolute atomic E-state index is 12.3. The average Bonchev–Trinajstić information content (AvgIpc) is 2.74. The number of benzene rings is 2. The van der Waals surface area contributed by atoms with Crippen LogP contribution in [0.1, 0.15) is 23.0 Å². The monoisotopic (exact) mass is 340 g/mol. The zero-order valence-corrected chi connectivity index (χ0v) is 13.5. The maximum Gasteiger partial charge on any atom is 0.179 e. The number of fused-ring (bicyclic) bond motifs is 1. The molecule has 3 rings (SSSR count). The Balaban J connectivity index is 2.05. The minimum atomic E-state index is -3.21. The molecule has 2 aromatic rings. The number of hydrogen-bond acceptors (Lipinski definition) is 2. The molecular weight excluding hydrogens is 327 g/mol. The molecule has 0 aliphatic carbocycles. The lowest BCUT2D eigenvalue weighted by Gasteiger charge is -2.21. The van der Waals surface area contributed by atoms with Gasteiger partial charge >= 0.3 is 0 Å². The van der Waals surface area contributed by atoms with Gasteiger partial charge in [-0.1, -0.05) is 41.9 Å². The molecule has 110 valence electrons. The van der Waals surface area contributed by atoms with E-state index in [4.69, 9.17) is 23.2 Å². The Morgan fingerprint density at radius 3 is 2.43 bits per heavy atom. The van der Waals surface area contributed by atoms with Crippen molar-refractivity contribution in [3.8, 4) is 0 Å². The first-order valence-electron chi connectivity index (χ1n) is 6.66. The standard InChI is InChI=1S/C16H14Cl2O2S/c17-9-14(11-5-7-12(18)8-6-11)15-10-21(19,20)16-4-2-1-3-13(15)16/h1-8,14-15H,9-10H2. The van der Waals surface area contributed by atoms with Crippen LogP contribution in [0.25, 0.3) is 0 Å². The summed E-state index contributed by atoms with van der Waals surface area (Å²) in [7, 11) is -3.21. The quantitative estimate of drug-likeness (QED) is 0.783. The summed E-state index contributed by atoms with van der Waals surface area (Å²) in [4.78, 5) is 0.444. The lowest BCUT2D eigenvalue weighted by atomic mass is 9.84. The highest BCUT2D eigenvalue weighted by molar-refractivity contribution is 7.91. The molecular formula is C16H14Cl2O2S. The summed E-state index contributed by atoms with van der Waals surface area (Å²) in [6, 6.07) is 14.7. The van der Waals surface area contributed by atoms with Gasteiger partial charge in [0.1, 0.15) is 0 Å². The van der Waals surface area contributed by atoms with Crippen molar-refractivity contribution in [1.82, 2.24) is 0 Å². The van der Waals surface area contributed by atoms with Crippen LogP contribution in [0.5, 0.6) is 0 Å². The smallest absolute Gasteiger partial charge is 0.179 e. The molecule has 2 nitrogen and oxygen atoms in total. The minimum Gasteiger partial charge on any atom is -0.224 e. The molecule has 0 spiro atoms. The summed E-state index contributed by atoms with van der Waals surface area (Å²) in [5.41, 5.74) is 1.89. The largest absolute Gasteiger partial charge is 0.224 e. The summed E-state index contributed by atoms with van der Waals surface area (Å²) >= 11 is 12.1. The summed E-state index contributed by atoms with van der Waals surface area (Å²) < 4.78 is 24.6. The van der Waals surface area contributed by atoms with Crippen LogP contribution in [0.2, 0.25) is 5.02 Å². The van der Waals surface area contributed by atoms with Crippen LogP contribution in [-0.4, -0.2) is 20.1 Å². The van der Waals surface area contributed by atoms with Gasteiger partial charge in [-0.05, 0) is 29.3 Å². The molecule has 0 saturated carbocycles. The van der Waals surface area contributed by atoms with Crippen molar-refractivity contribution in [2.24, 2.45) is 0 Å². The summed E-state index contributed by atoms with van der Waals surface area (Å²) in [5, 5.41) is 0.659. The highest BCUT2D eigenvalue weighted by atomic mass is 35.5. The van der Waals surface area contributed by atoms with Crippen molar-refractivity contribution in [3.05, 3.63) is 64.7 Å². The fraction of sp³-hybridized carbons (Fsp3) is 0.250. The van der Waals surface area contributed by atoms with E-state index in [2.05, 4.69) is 0 Å². The molecule has 1 aliphatic heterocycles. The van der Waals surface area contributed by atoms with Gasteiger partial charge in [0, 0.05) is 22.7 Å². The molecule has 2 atom stereocenters.